The van der Waals surface area contributed by atoms with Gasteiger partial charge in [0.25, 0.3) is 5.89 Å². The summed E-state index contributed by atoms with van der Waals surface area (Å²) in [6, 6.07) is 26.7. The second kappa shape index (κ2) is 8.15. The number of para-hydroxylation sites is 1. The van der Waals surface area contributed by atoms with Gasteiger partial charge in [-0.3, -0.25) is 4.90 Å². The fourth-order valence-corrected chi connectivity index (χ4v) is 4.04. The number of aromatic nitrogens is 2. The molecule has 1 aliphatic rings. The van der Waals surface area contributed by atoms with E-state index in [1.54, 1.807) is 4.90 Å². The fraction of sp³-hybridized carbons (Fsp3) is 0.115. The number of anilines is 1. The van der Waals surface area contributed by atoms with Crippen molar-refractivity contribution in [2.45, 2.75) is 19.9 Å². The number of urea groups is 1. The number of amides is 2. The molecule has 6 heteroatoms. The van der Waals surface area contributed by atoms with Crippen molar-refractivity contribution >= 4 is 17.3 Å². The van der Waals surface area contributed by atoms with Gasteiger partial charge in [-0.25, -0.2) is 4.79 Å². The zero-order valence-corrected chi connectivity index (χ0v) is 17.8. The number of carbonyl (C=O) groups excluding carboxylic acids is 1. The molecular formula is C26H22N4O2. The van der Waals surface area contributed by atoms with Crippen LogP contribution in [0.1, 0.15) is 30.0 Å². The normalized spacial score (nSPS) is 16.2. The minimum absolute atomic E-state index is 0.204. The van der Waals surface area contributed by atoms with Gasteiger partial charge in [0.2, 0.25) is 5.82 Å². The first-order valence-corrected chi connectivity index (χ1v) is 10.4. The molecule has 0 fully saturated rings. The van der Waals surface area contributed by atoms with Crippen LogP contribution in [0.15, 0.2) is 95.1 Å². The summed E-state index contributed by atoms with van der Waals surface area (Å²) >= 11 is 0. The van der Waals surface area contributed by atoms with Crippen molar-refractivity contribution in [1.82, 2.24) is 15.5 Å². The van der Waals surface area contributed by atoms with E-state index in [1.165, 1.54) is 0 Å². The number of nitrogens with one attached hydrogen (secondary N) is 1. The Morgan fingerprint density at radius 1 is 0.906 bits per heavy atom. The van der Waals surface area contributed by atoms with Crippen LogP contribution in [-0.4, -0.2) is 16.2 Å². The fourth-order valence-electron chi connectivity index (χ4n) is 4.04. The van der Waals surface area contributed by atoms with Crippen molar-refractivity contribution in [2.24, 2.45) is 0 Å². The summed E-state index contributed by atoms with van der Waals surface area (Å²) in [4.78, 5) is 19.5. The van der Waals surface area contributed by atoms with Crippen molar-refractivity contribution in [3.63, 3.8) is 0 Å². The zero-order valence-electron chi connectivity index (χ0n) is 17.8. The highest BCUT2D eigenvalue weighted by atomic mass is 16.5. The monoisotopic (exact) mass is 422 g/mol. The van der Waals surface area contributed by atoms with Gasteiger partial charge >= 0.3 is 6.03 Å². The van der Waals surface area contributed by atoms with Gasteiger partial charge in [0.05, 0.1) is 17.3 Å². The maximum atomic E-state index is 13.1. The number of benzene rings is 3. The van der Waals surface area contributed by atoms with Crippen LogP contribution in [0.25, 0.3) is 17.0 Å². The van der Waals surface area contributed by atoms with E-state index in [4.69, 9.17) is 9.51 Å². The molecule has 3 aromatic carbocycles. The Labute approximate surface area is 186 Å². The van der Waals surface area contributed by atoms with Crippen molar-refractivity contribution in [2.75, 3.05) is 4.90 Å². The maximum Gasteiger partial charge on any atom is 0.326 e. The molecule has 0 bridgehead atoms. The van der Waals surface area contributed by atoms with Crippen LogP contribution in [0, 0.1) is 6.92 Å². The van der Waals surface area contributed by atoms with Crippen LogP contribution in [0.4, 0.5) is 10.5 Å². The summed E-state index contributed by atoms with van der Waals surface area (Å²) < 4.78 is 5.74. The molecule has 0 radical (unpaired) electrons. The van der Waals surface area contributed by atoms with E-state index >= 15 is 0 Å². The lowest BCUT2D eigenvalue weighted by atomic mass is 9.94. The minimum Gasteiger partial charge on any atom is -0.334 e. The first-order valence-electron chi connectivity index (χ1n) is 10.4. The van der Waals surface area contributed by atoms with Crippen molar-refractivity contribution in [1.29, 1.82) is 0 Å². The Bertz CT molecular complexity index is 1300. The standard InChI is InChI=1S/C26H22N4O2/c1-17-10-9-13-20(16-17)24-28-25(32-29-24)22-18(2)30(21-14-7-4-8-15-21)26(31)27-23(22)19-11-5-3-6-12-19/h3-16,23H,1-2H3,(H,27,31). The SMILES string of the molecule is CC1=C(c2nc(-c3cccc(C)c3)no2)C(c2ccccc2)NC(=O)N1c1ccccc1. The predicted octanol–water partition coefficient (Wildman–Crippen LogP) is 5.75. The number of hydrogen-bond donors (Lipinski definition) is 1. The molecule has 0 aliphatic carbocycles. The molecule has 1 atom stereocenters. The summed E-state index contributed by atoms with van der Waals surface area (Å²) in [7, 11) is 0. The molecule has 1 unspecified atom stereocenters. The lowest BCUT2D eigenvalue weighted by molar-refractivity contribution is 0.244. The Morgan fingerprint density at radius 3 is 2.34 bits per heavy atom. The molecule has 1 aromatic heterocycles. The smallest absolute Gasteiger partial charge is 0.326 e. The van der Waals surface area contributed by atoms with E-state index in [-0.39, 0.29) is 6.03 Å². The van der Waals surface area contributed by atoms with E-state index in [9.17, 15) is 4.79 Å². The van der Waals surface area contributed by atoms with Gasteiger partial charge in [-0.2, -0.15) is 4.98 Å². The molecule has 2 heterocycles. The highest BCUT2D eigenvalue weighted by molar-refractivity contribution is 6.01. The first-order chi connectivity index (χ1) is 15.6. The van der Waals surface area contributed by atoms with Crippen LogP contribution >= 0.6 is 0 Å². The number of hydrogen-bond acceptors (Lipinski definition) is 4. The maximum absolute atomic E-state index is 13.1. The van der Waals surface area contributed by atoms with Gasteiger partial charge in [0.1, 0.15) is 0 Å². The van der Waals surface area contributed by atoms with Crippen LogP contribution in [0.2, 0.25) is 0 Å². The second-order valence-corrected chi connectivity index (χ2v) is 7.76. The van der Waals surface area contributed by atoms with E-state index in [2.05, 4.69) is 10.5 Å². The number of carbonyl (C=O) groups is 1. The Hall–Kier alpha value is -4.19. The zero-order chi connectivity index (χ0) is 22.1. The van der Waals surface area contributed by atoms with Gasteiger partial charge in [0, 0.05) is 11.3 Å². The quantitative estimate of drug-likeness (QED) is 0.455. The molecule has 158 valence electrons. The molecule has 32 heavy (non-hydrogen) atoms. The van der Waals surface area contributed by atoms with E-state index in [0.29, 0.717) is 11.7 Å². The van der Waals surface area contributed by atoms with Crippen LogP contribution < -0.4 is 10.2 Å². The van der Waals surface area contributed by atoms with E-state index in [0.717, 1.165) is 33.6 Å². The summed E-state index contributed by atoms with van der Waals surface area (Å²) in [6.07, 6.45) is 0. The molecule has 5 rings (SSSR count). The second-order valence-electron chi connectivity index (χ2n) is 7.76. The van der Waals surface area contributed by atoms with Gasteiger partial charge in [-0.15, -0.1) is 0 Å². The Balaban J connectivity index is 1.66. The van der Waals surface area contributed by atoms with E-state index < -0.39 is 6.04 Å². The summed E-state index contributed by atoms with van der Waals surface area (Å²) in [6.45, 7) is 3.94. The summed E-state index contributed by atoms with van der Waals surface area (Å²) in [5, 5.41) is 7.35. The number of rotatable bonds is 4. The van der Waals surface area contributed by atoms with Gasteiger partial charge in [-0.1, -0.05) is 77.5 Å². The van der Waals surface area contributed by atoms with E-state index in [1.807, 2.05) is 98.8 Å². The van der Waals surface area contributed by atoms with Crippen molar-refractivity contribution in [3.8, 4) is 11.4 Å². The molecule has 4 aromatic rings. The minimum atomic E-state index is -0.408. The molecule has 0 spiro atoms. The van der Waals surface area contributed by atoms with Crippen LogP contribution in [0.5, 0.6) is 0 Å². The average Bonchev–Trinajstić information content (AvgIpc) is 3.30. The topological polar surface area (TPSA) is 71.3 Å². The lowest BCUT2D eigenvalue weighted by Gasteiger charge is -2.35. The lowest BCUT2D eigenvalue weighted by Crippen LogP contribution is -2.46. The molecule has 1 N–H and O–H groups in total. The third-order valence-electron chi connectivity index (χ3n) is 5.56. The number of nitrogens with zero attached hydrogens (tertiary/aromatic N) is 3. The Kier molecular flexibility index (Phi) is 5.03. The number of allylic oxidation sites excluding steroid dienone is 1. The third kappa shape index (κ3) is 3.56. The average molecular weight is 422 g/mol. The predicted molar refractivity (Wildman–Crippen MR) is 124 cm³/mol. The summed E-state index contributed by atoms with van der Waals surface area (Å²) in [5.41, 5.74) is 5.23. The highest BCUT2D eigenvalue weighted by Gasteiger charge is 2.36. The molecule has 0 saturated carbocycles. The van der Waals surface area contributed by atoms with Crippen LogP contribution in [-0.2, 0) is 0 Å². The van der Waals surface area contributed by atoms with Crippen molar-refractivity contribution in [3.05, 3.63) is 108 Å². The molecule has 2 amide bonds. The van der Waals surface area contributed by atoms with Gasteiger partial charge in [0.15, 0.2) is 0 Å². The van der Waals surface area contributed by atoms with Gasteiger partial charge in [-0.05, 0) is 37.6 Å². The molecule has 1 aliphatic heterocycles. The highest BCUT2D eigenvalue weighted by Crippen LogP contribution is 2.38. The number of aryl methyl sites for hydroxylation is 1. The van der Waals surface area contributed by atoms with Gasteiger partial charge < -0.3 is 9.84 Å². The third-order valence-corrected chi connectivity index (χ3v) is 5.56. The molecule has 0 saturated heterocycles. The van der Waals surface area contributed by atoms with Crippen molar-refractivity contribution < 1.29 is 9.32 Å². The molecular weight excluding hydrogens is 400 g/mol. The summed E-state index contributed by atoms with van der Waals surface area (Å²) in [5.74, 6) is 0.896. The largest absolute Gasteiger partial charge is 0.334 e. The molecule has 6 nitrogen and oxygen atoms in total. The first kappa shape index (κ1) is 19.8. The van der Waals surface area contributed by atoms with Crippen LogP contribution in [0.3, 0.4) is 0 Å². The Morgan fingerprint density at radius 2 is 1.62 bits per heavy atom.